The fourth-order valence-electron chi connectivity index (χ4n) is 1.90. The van der Waals surface area contributed by atoms with Crippen molar-refractivity contribution in [1.29, 1.82) is 0 Å². The number of carbonyl (C=O) groups is 2. The summed E-state index contributed by atoms with van der Waals surface area (Å²) in [5.74, 6) is -0.804. The molecule has 2 aromatic carbocycles. The molecule has 0 spiro atoms. The lowest BCUT2D eigenvalue weighted by Gasteiger charge is -2.08. The summed E-state index contributed by atoms with van der Waals surface area (Å²) < 4.78 is 2.50. The molecule has 1 heterocycles. The molecule has 24 heavy (non-hydrogen) atoms. The largest absolute Gasteiger partial charge is 0.269 e. The molecular weight excluding hydrogens is 423 g/mol. The number of amides is 2. The van der Waals surface area contributed by atoms with Crippen LogP contribution in [0.1, 0.15) is 20.7 Å². The highest BCUT2D eigenvalue weighted by molar-refractivity contribution is 14.1. The third-order valence-electron chi connectivity index (χ3n) is 3.14. The molecule has 0 aliphatic carbocycles. The molecule has 9 heteroatoms. The number of nitrogens with zero attached hydrogens (tertiary/aromatic N) is 4. The Morgan fingerprint density at radius 3 is 1.92 bits per heavy atom. The summed E-state index contributed by atoms with van der Waals surface area (Å²) in [5.41, 5.74) is 6.34. The van der Waals surface area contributed by atoms with Crippen LogP contribution in [-0.4, -0.2) is 32.0 Å². The zero-order valence-corrected chi connectivity index (χ0v) is 14.3. The van der Waals surface area contributed by atoms with Gasteiger partial charge in [0.25, 0.3) is 11.8 Å². The molecule has 0 bridgehead atoms. The van der Waals surface area contributed by atoms with E-state index in [4.69, 9.17) is 0 Å². The lowest BCUT2D eigenvalue weighted by Crippen LogP contribution is -2.41. The van der Waals surface area contributed by atoms with Gasteiger partial charge in [0.2, 0.25) is 0 Å². The highest BCUT2D eigenvalue weighted by Gasteiger charge is 2.09. The second kappa shape index (κ2) is 7.17. The molecule has 0 aliphatic heterocycles. The van der Waals surface area contributed by atoms with Crippen molar-refractivity contribution in [3.05, 3.63) is 69.6 Å². The second-order valence-electron chi connectivity index (χ2n) is 4.72. The van der Waals surface area contributed by atoms with Crippen molar-refractivity contribution >= 4 is 34.4 Å². The number of tetrazole rings is 1. The van der Waals surface area contributed by atoms with Crippen LogP contribution in [0.3, 0.4) is 0 Å². The van der Waals surface area contributed by atoms with Gasteiger partial charge in [0.15, 0.2) is 0 Å². The molecule has 0 unspecified atom stereocenters. The summed E-state index contributed by atoms with van der Waals surface area (Å²) in [4.78, 5) is 24.0. The smallest absolute Gasteiger partial charge is 0.267 e. The van der Waals surface area contributed by atoms with Gasteiger partial charge >= 0.3 is 0 Å². The Morgan fingerprint density at radius 2 is 1.42 bits per heavy atom. The molecule has 2 N–H and O–H groups in total. The van der Waals surface area contributed by atoms with Gasteiger partial charge in [-0.25, -0.2) is 4.68 Å². The maximum Gasteiger partial charge on any atom is 0.269 e. The molecule has 3 rings (SSSR count). The van der Waals surface area contributed by atoms with Gasteiger partial charge in [-0.1, -0.05) is 0 Å². The molecule has 1 aromatic heterocycles. The van der Waals surface area contributed by atoms with Crippen LogP contribution in [0.15, 0.2) is 54.9 Å². The van der Waals surface area contributed by atoms with E-state index in [-0.39, 0.29) is 5.91 Å². The minimum atomic E-state index is -0.419. The van der Waals surface area contributed by atoms with Gasteiger partial charge in [-0.05, 0) is 81.5 Å². The van der Waals surface area contributed by atoms with E-state index in [0.717, 1.165) is 9.26 Å². The van der Waals surface area contributed by atoms with Crippen LogP contribution in [0.5, 0.6) is 0 Å². The molecule has 0 fully saturated rings. The zero-order valence-electron chi connectivity index (χ0n) is 12.2. The van der Waals surface area contributed by atoms with E-state index in [1.807, 2.05) is 12.1 Å². The Hall–Kier alpha value is -2.82. The lowest BCUT2D eigenvalue weighted by molar-refractivity contribution is 0.0846. The van der Waals surface area contributed by atoms with E-state index in [2.05, 4.69) is 49.0 Å². The predicted molar refractivity (Wildman–Crippen MR) is 93.2 cm³/mol. The Labute approximate surface area is 150 Å². The molecule has 8 nitrogen and oxygen atoms in total. The van der Waals surface area contributed by atoms with Crippen molar-refractivity contribution in [2.75, 3.05) is 0 Å². The number of benzene rings is 2. The average molecular weight is 434 g/mol. The van der Waals surface area contributed by atoms with E-state index in [9.17, 15) is 9.59 Å². The molecular formula is C15H11IN6O2. The van der Waals surface area contributed by atoms with Gasteiger partial charge in [-0.15, -0.1) is 5.10 Å². The van der Waals surface area contributed by atoms with Gasteiger partial charge in [0.05, 0.1) is 5.69 Å². The highest BCUT2D eigenvalue weighted by atomic mass is 127. The quantitative estimate of drug-likeness (QED) is 0.479. The number of nitrogens with one attached hydrogen (secondary N) is 2. The Balaban J connectivity index is 1.60. The first kappa shape index (κ1) is 16.1. The van der Waals surface area contributed by atoms with Crippen molar-refractivity contribution < 1.29 is 9.59 Å². The van der Waals surface area contributed by atoms with Crippen LogP contribution in [0.4, 0.5) is 0 Å². The van der Waals surface area contributed by atoms with Crippen molar-refractivity contribution in [2.24, 2.45) is 0 Å². The monoisotopic (exact) mass is 434 g/mol. The van der Waals surface area contributed by atoms with Crippen molar-refractivity contribution in [2.45, 2.75) is 0 Å². The van der Waals surface area contributed by atoms with Crippen LogP contribution in [0.25, 0.3) is 5.69 Å². The maximum absolute atomic E-state index is 12.1. The van der Waals surface area contributed by atoms with Crippen LogP contribution in [0, 0.1) is 3.57 Å². The number of carbonyl (C=O) groups excluding carboxylic acids is 2. The minimum Gasteiger partial charge on any atom is -0.267 e. The summed E-state index contributed by atoms with van der Waals surface area (Å²) in [7, 11) is 0. The van der Waals surface area contributed by atoms with Crippen molar-refractivity contribution in [1.82, 2.24) is 31.1 Å². The normalized spacial score (nSPS) is 10.2. The zero-order chi connectivity index (χ0) is 16.9. The molecule has 0 aliphatic rings. The summed E-state index contributed by atoms with van der Waals surface area (Å²) >= 11 is 2.15. The first-order valence-electron chi connectivity index (χ1n) is 6.83. The summed E-state index contributed by atoms with van der Waals surface area (Å²) in [6.07, 6.45) is 1.45. The van der Waals surface area contributed by atoms with Gasteiger partial charge in [0.1, 0.15) is 6.33 Å². The third kappa shape index (κ3) is 3.74. The van der Waals surface area contributed by atoms with Crippen molar-refractivity contribution in [3.8, 4) is 5.69 Å². The molecule has 3 aromatic rings. The van der Waals surface area contributed by atoms with E-state index in [1.165, 1.54) is 11.0 Å². The van der Waals surface area contributed by atoms with E-state index in [1.54, 1.807) is 36.4 Å². The molecule has 0 atom stereocenters. The second-order valence-corrected chi connectivity index (χ2v) is 5.96. The van der Waals surface area contributed by atoms with Gasteiger partial charge in [-0.3, -0.25) is 20.4 Å². The molecule has 0 radical (unpaired) electrons. The number of aromatic nitrogens is 4. The van der Waals surface area contributed by atoms with Gasteiger partial charge < -0.3 is 0 Å². The van der Waals surface area contributed by atoms with Crippen LogP contribution in [-0.2, 0) is 0 Å². The Bertz CT molecular complexity index is 847. The van der Waals surface area contributed by atoms with Crippen LogP contribution < -0.4 is 10.9 Å². The summed E-state index contributed by atoms with van der Waals surface area (Å²) in [5, 5.41) is 10.8. The first-order chi connectivity index (χ1) is 11.6. The summed E-state index contributed by atoms with van der Waals surface area (Å²) in [6, 6.07) is 13.6. The molecule has 0 saturated heterocycles. The Morgan fingerprint density at radius 1 is 0.875 bits per heavy atom. The van der Waals surface area contributed by atoms with Crippen LogP contribution >= 0.6 is 22.6 Å². The number of hydrogen-bond donors (Lipinski definition) is 2. The minimum absolute atomic E-state index is 0.384. The topological polar surface area (TPSA) is 102 Å². The van der Waals surface area contributed by atoms with E-state index < -0.39 is 5.91 Å². The first-order valence-corrected chi connectivity index (χ1v) is 7.91. The molecule has 2 amide bonds. The summed E-state index contributed by atoms with van der Waals surface area (Å²) in [6.45, 7) is 0. The number of hydrazine groups is 1. The molecule has 0 saturated carbocycles. The number of hydrogen-bond acceptors (Lipinski definition) is 5. The van der Waals surface area contributed by atoms with E-state index >= 15 is 0 Å². The number of halogens is 1. The third-order valence-corrected chi connectivity index (χ3v) is 3.86. The lowest BCUT2D eigenvalue weighted by atomic mass is 10.2. The highest BCUT2D eigenvalue weighted by Crippen LogP contribution is 2.08. The van der Waals surface area contributed by atoms with Crippen LogP contribution in [0.2, 0.25) is 0 Å². The molecule has 120 valence electrons. The average Bonchev–Trinajstić information content (AvgIpc) is 3.15. The SMILES string of the molecule is O=C(NNC(=O)c1ccc(-n2cnnn2)cc1)c1ccc(I)cc1. The van der Waals surface area contributed by atoms with Gasteiger partial charge in [-0.2, -0.15) is 0 Å². The maximum atomic E-state index is 12.1. The number of rotatable bonds is 3. The Kier molecular flexibility index (Phi) is 4.79. The van der Waals surface area contributed by atoms with Crippen molar-refractivity contribution in [3.63, 3.8) is 0 Å². The van der Waals surface area contributed by atoms with Gasteiger partial charge in [0, 0.05) is 14.7 Å². The predicted octanol–water partition coefficient (Wildman–Crippen LogP) is 1.34. The fraction of sp³-hybridized carbons (Fsp3) is 0. The fourth-order valence-corrected chi connectivity index (χ4v) is 2.26. The standard InChI is InChI=1S/C15H11IN6O2/c16-12-5-1-10(2-6-12)14(23)18-19-15(24)11-3-7-13(8-4-11)22-9-17-20-21-22/h1-9H,(H,18,23)(H,19,24). The van der Waals surface area contributed by atoms with E-state index in [0.29, 0.717) is 11.1 Å².